The Labute approximate surface area is 105 Å². The monoisotopic (exact) mass is 238 g/mol. The number of nitrogen functional groups attached to an aromatic ring is 1. The van der Waals surface area contributed by atoms with Gasteiger partial charge in [-0.3, -0.25) is 0 Å². The maximum absolute atomic E-state index is 5.66. The third kappa shape index (κ3) is 2.05. The van der Waals surface area contributed by atoms with Crippen molar-refractivity contribution < 1.29 is 0 Å². The van der Waals surface area contributed by atoms with Crippen molar-refractivity contribution in [1.29, 1.82) is 0 Å². The van der Waals surface area contributed by atoms with Gasteiger partial charge in [-0.1, -0.05) is 12.1 Å². The fraction of sp³-hybridized carbons (Fsp3) is 0.143. The lowest BCUT2D eigenvalue weighted by Crippen LogP contribution is -1.91. The first-order valence-corrected chi connectivity index (χ1v) is 5.86. The Morgan fingerprint density at radius 1 is 1.22 bits per heavy atom. The number of rotatable bonds is 2. The summed E-state index contributed by atoms with van der Waals surface area (Å²) in [5.74, 6) is 0.924. The van der Waals surface area contributed by atoms with Crippen molar-refractivity contribution in [2.24, 2.45) is 0 Å². The van der Waals surface area contributed by atoms with E-state index in [2.05, 4.69) is 21.0 Å². The molecule has 3 N–H and O–H groups in total. The molecule has 0 bridgehead atoms. The number of nitrogens with two attached hydrogens (primary N) is 1. The van der Waals surface area contributed by atoms with Crippen LogP contribution in [0.3, 0.4) is 0 Å². The molecule has 0 saturated heterocycles. The fourth-order valence-corrected chi connectivity index (χ4v) is 1.97. The lowest BCUT2D eigenvalue weighted by molar-refractivity contribution is 1.03. The number of fused-ring (bicyclic) bond motifs is 1. The van der Waals surface area contributed by atoms with Gasteiger partial charge < -0.3 is 10.7 Å². The summed E-state index contributed by atoms with van der Waals surface area (Å²) in [6, 6.07) is 9.89. The van der Waals surface area contributed by atoms with E-state index >= 15 is 0 Å². The van der Waals surface area contributed by atoms with Crippen molar-refractivity contribution in [3.8, 4) is 0 Å². The maximum Gasteiger partial charge on any atom is 0.177 e. The van der Waals surface area contributed by atoms with Gasteiger partial charge in [-0.2, -0.15) is 0 Å². The van der Waals surface area contributed by atoms with E-state index in [0.29, 0.717) is 0 Å². The van der Waals surface area contributed by atoms with Crippen molar-refractivity contribution in [3.63, 3.8) is 0 Å². The van der Waals surface area contributed by atoms with Crippen molar-refractivity contribution in [3.05, 3.63) is 53.5 Å². The summed E-state index contributed by atoms with van der Waals surface area (Å²) in [7, 11) is 0. The topological polar surface area (TPSA) is 67.6 Å². The molecule has 0 aliphatic rings. The highest BCUT2D eigenvalue weighted by Crippen LogP contribution is 2.14. The molecule has 0 saturated carbocycles. The van der Waals surface area contributed by atoms with Crippen molar-refractivity contribution in [1.82, 2.24) is 15.0 Å². The molecule has 3 rings (SSSR count). The molecular weight excluding hydrogens is 224 g/mol. The summed E-state index contributed by atoms with van der Waals surface area (Å²) >= 11 is 0. The molecule has 3 aromatic rings. The van der Waals surface area contributed by atoms with Gasteiger partial charge >= 0.3 is 0 Å². The minimum atomic E-state index is 0.760. The zero-order valence-electron chi connectivity index (χ0n) is 10.1. The van der Waals surface area contributed by atoms with E-state index in [1.165, 1.54) is 5.56 Å². The van der Waals surface area contributed by atoms with E-state index in [0.717, 1.165) is 34.7 Å². The summed E-state index contributed by atoms with van der Waals surface area (Å²) in [6.45, 7) is 2.02. The number of benzene rings is 1. The Morgan fingerprint density at radius 2 is 2.00 bits per heavy atom. The zero-order chi connectivity index (χ0) is 12.5. The minimum absolute atomic E-state index is 0.760. The molecular formula is C14H14N4. The molecule has 0 fully saturated rings. The van der Waals surface area contributed by atoms with E-state index in [1.807, 2.05) is 37.4 Å². The van der Waals surface area contributed by atoms with Gasteiger partial charge in [0.1, 0.15) is 5.82 Å². The molecule has 1 aromatic carbocycles. The fourth-order valence-electron chi connectivity index (χ4n) is 1.97. The highest BCUT2D eigenvalue weighted by atomic mass is 15.0. The average molecular weight is 238 g/mol. The summed E-state index contributed by atoms with van der Waals surface area (Å²) in [4.78, 5) is 12.1. The number of aromatic amines is 1. The molecule has 4 nitrogen and oxygen atoms in total. The zero-order valence-corrected chi connectivity index (χ0v) is 10.1. The van der Waals surface area contributed by atoms with E-state index in [9.17, 15) is 0 Å². The predicted octanol–water partition coefficient (Wildman–Crippen LogP) is 2.44. The number of aromatic nitrogens is 3. The van der Waals surface area contributed by atoms with Crippen LogP contribution < -0.4 is 5.73 Å². The van der Waals surface area contributed by atoms with Gasteiger partial charge in [-0.15, -0.1) is 0 Å². The van der Waals surface area contributed by atoms with Gasteiger partial charge in [0.15, 0.2) is 5.65 Å². The number of hydrogen-bond acceptors (Lipinski definition) is 3. The highest BCUT2D eigenvalue weighted by molar-refractivity contribution is 5.71. The first kappa shape index (κ1) is 10.8. The number of nitrogens with one attached hydrogen (secondary N) is 1. The van der Waals surface area contributed by atoms with Crippen LogP contribution >= 0.6 is 0 Å². The quantitative estimate of drug-likeness (QED) is 0.674. The first-order chi connectivity index (χ1) is 8.70. The number of hydrogen-bond donors (Lipinski definition) is 2. The molecule has 4 heteroatoms. The molecule has 0 spiro atoms. The van der Waals surface area contributed by atoms with Crippen LogP contribution in [0.4, 0.5) is 5.69 Å². The van der Waals surface area contributed by atoms with Gasteiger partial charge in [0.2, 0.25) is 0 Å². The molecule has 2 heterocycles. The second-order valence-corrected chi connectivity index (χ2v) is 4.49. The number of pyridine rings is 1. The second-order valence-electron chi connectivity index (χ2n) is 4.49. The van der Waals surface area contributed by atoms with Crippen LogP contribution in [0.2, 0.25) is 0 Å². The van der Waals surface area contributed by atoms with Crippen molar-refractivity contribution in [2.45, 2.75) is 13.3 Å². The molecule has 0 unspecified atom stereocenters. The van der Waals surface area contributed by atoms with Crippen LogP contribution in [-0.2, 0) is 6.42 Å². The van der Waals surface area contributed by atoms with E-state index < -0.39 is 0 Å². The third-order valence-corrected chi connectivity index (χ3v) is 2.87. The Hall–Kier alpha value is -2.36. The van der Waals surface area contributed by atoms with Crippen LogP contribution in [0, 0.1) is 6.92 Å². The number of H-pyrrole nitrogens is 1. The molecule has 0 aliphatic carbocycles. The van der Waals surface area contributed by atoms with E-state index in [4.69, 9.17) is 5.73 Å². The van der Waals surface area contributed by atoms with E-state index in [-0.39, 0.29) is 0 Å². The lowest BCUT2D eigenvalue weighted by atomic mass is 10.1. The van der Waals surface area contributed by atoms with Crippen LogP contribution in [0.1, 0.15) is 17.0 Å². The molecule has 0 amide bonds. The van der Waals surface area contributed by atoms with Crippen molar-refractivity contribution in [2.75, 3.05) is 5.73 Å². The first-order valence-electron chi connectivity index (χ1n) is 5.86. The predicted molar refractivity (Wildman–Crippen MR) is 72.3 cm³/mol. The Morgan fingerprint density at radius 3 is 2.78 bits per heavy atom. The molecule has 0 radical (unpaired) electrons. The van der Waals surface area contributed by atoms with Crippen LogP contribution in [-0.4, -0.2) is 15.0 Å². The molecule has 90 valence electrons. The number of anilines is 1. The van der Waals surface area contributed by atoms with Gasteiger partial charge in [0, 0.05) is 18.3 Å². The smallest absolute Gasteiger partial charge is 0.177 e. The number of aryl methyl sites for hydroxylation is 1. The summed E-state index contributed by atoms with van der Waals surface area (Å²) in [5.41, 5.74) is 10.5. The maximum atomic E-state index is 5.66. The van der Waals surface area contributed by atoms with Crippen LogP contribution in [0.25, 0.3) is 11.2 Å². The second kappa shape index (κ2) is 4.14. The standard InChI is InChI=1S/C14H14N4/c1-9-6-12-14(16-8-9)18-13(17-12)7-10-2-4-11(15)5-3-10/h2-6,8H,7,15H2,1H3,(H,16,17,18). The molecule has 0 atom stereocenters. The SMILES string of the molecule is Cc1cnc2nc(Cc3ccc(N)cc3)[nH]c2c1. The number of nitrogens with zero attached hydrogens (tertiary/aromatic N) is 2. The Kier molecular flexibility index (Phi) is 2.48. The summed E-state index contributed by atoms with van der Waals surface area (Å²) in [6.07, 6.45) is 2.59. The van der Waals surface area contributed by atoms with Gasteiger partial charge in [-0.25, -0.2) is 9.97 Å². The molecule has 18 heavy (non-hydrogen) atoms. The normalized spacial score (nSPS) is 10.9. The summed E-state index contributed by atoms with van der Waals surface area (Å²) in [5, 5.41) is 0. The largest absolute Gasteiger partial charge is 0.399 e. The number of imidazole rings is 1. The third-order valence-electron chi connectivity index (χ3n) is 2.87. The average Bonchev–Trinajstić information content (AvgIpc) is 2.73. The van der Waals surface area contributed by atoms with Gasteiger partial charge in [-0.05, 0) is 36.2 Å². The Balaban J connectivity index is 1.92. The van der Waals surface area contributed by atoms with Gasteiger partial charge in [0.25, 0.3) is 0 Å². The van der Waals surface area contributed by atoms with Crippen molar-refractivity contribution >= 4 is 16.9 Å². The molecule has 2 aromatic heterocycles. The highest BCUT2D eigenvalue weighted by Gasteiger charge is 2.04. The van der Waals surface area contributed by atoms with Gasteiger partial charge in [0.05, 0.1) is 5.52 Å². The lowest BCUT2D eigenvalue weighted by Gasteiger charge is -1.98. The van der Waals surface area contributed by atoms with E-state index in [1.54, 1.807) is 0 Å². The van der Waals surface area contributed by atoms with Crippen LogP contribution in [0.15, 0.2) is 36.5 Å². The van der Waals surface area contributed by atoms with Crippen LogP contribution in [0.5, 0.6) is 0 Å². The molecule has 0 aliphatic heterocycles. The minimum Gasteiger partial charge on any atom is -0.399 e. The Bertz CT molecular complexity index is 683. The summed E-state index contributed by atoms with van der Waals surface area (Å²) < 4.78 is 0.